The van der Waals surface area contributed by atoms with Gasteiger partial charge >= 0.3 is 0 Å². The topological polar surface area (TPSA) is 56.1 Å². The number of benzene rings is 1. The summed E-state index contributed by atoms with van der Waals surface area (Å²) in [6.45, 7) is 4.05. The number of hydrogen-bond donors (Lipinski definition) is 1. The molecule has 0 saturated heterocycles. The molecule has 5 nitrogen and oxygen atoms in total. The molecule has 112 valence electrons. The summed E-state index contributed by atoms with van der Waals surface area (Å²) in [4.78, 5) is 12.1. The molecule has 0 saturated carbocycles. The van der Waals surface area contributed by atoms with Gasteiger partial charge in [-0.2, -0.15) is 5.10 Å². The summed E-state index contributed by atoms with van der Waals surface area (Å²) in [5.74, 6) is 1.52. The smallest absolute Gasteiger partial charge is 0.225 e. The zero-order valence-electron chi connectivity index (χ0n) is 12.7. The Bertz CT molecular complexity index is 605. The van der Waals surface area contributed by atoms with Gasteiger partial charge in [-0.25, -0.2) is 4.68 Å². The van der Waals surface area contributed by atoms with E-state index in [4.69, 9.17) is 4.74 Å². The number of methoxy groups -OCH3 is 1. The summed E-state index contributed by atoms with van der Waals surface area (Å²) in [6.07, 6.45) is 2.74. The summed E-state index contributed by atoms with van der Waals surface area (Å²) >= 11 is 0. The second-order valence-corrected chi connectivity index (χ2v) is 5.11. The fourth-order valence-electron chi connectivity index (χ4n) is 2.19. The molecule has 1 aromatic heterocycles. The van der Waals surface area contributed by atoms with Crippen LogP contribution >= 0.6 is 0 Å². The molecule has 0 aliphatic heterocycles. The minimum atomic E-state index is -0.0247. The lowest BCUT2D eigenvalue weighted by Gasteiger charge is -2.12. The van der Waals surface area contributed by atoms with Gasteiger partial charge in [0.05, 0.1) is 13.3 Å². The number of aryl methyl sites for hydroxylation is 1. The quantitative estimate of drug-likeness (QED) is 0.888. The standard InChI is InChI=1S/C16H21N3O2/c1-12(2)19-15(10-11-17-19)18-16(20)9-8-13-6-4-5-7-14(13)21-3/h4-7,10-12H,8-9H2,1-3H3,(H,18,20). The van der Waals surface area contributed by atoms with Gasteiger partial charge < -0.3 is 10.1 Å². The van der Waals surface area contributed by atoms with E-state index in [0.717, 1.165) is 17.1 Å². The molecule has 0 aliphatic carbocycles. The Hall–Kier alpha value is -2.30. The number of aromatic nitrogens is 2. The molecule has 0 unspecified atom stereocenters. The van der Waals surface area contributed by atoms with Gasteiger partial charge in [0.2, 0.25) is 5.91 Å². The van der Waals surface area contributed by atoms with Crippen LogP contribution in [0.1, 0.15) is 31.9 Å². The number of amides is 1. The monoisotopic (exact) mass is 287 g/mol. The number of carbonyl (C=O) groups is 1. The van der Waals surface area contributed by atoms with Crippen LogP contribution in [-0.2, 0) is 11.2 Å². The van der Waals surface area contributed by atoms with E-state index < -0.39 is 0 Å². The fourth-order valence-corrected chi connectivity index (χ4v) is 2.19. The first kappa shape index (κ1) is 15.1. The van der Waals surface area contributed by atoms with Crippen LogP contribution in [0.2, 0.25) is 0 Å². The van der Waals surface area contributed by atoms with Crippen LogP contribution in [0.15, 0.2) is 36.5 Å². The van der Waals surface area contributed by atoms with E-state index in [1.165, 1.54) is 0 Å². The maximum Gasteiger partial charge on any atom is 0.225 e. The maximum absolute atomic E-state index is 12.1. The number of rotatable bonds is 6. The van der Waals surface area contributed by atoms with Crippen LogP contribution in [0.25, 0.3) is 0 Å². The molecular formula is C16H21N3O2. The van der Waals surface area contributed by atoms with Gasteiger partial charge in [-0.3, -0.25) is 4.79 Å². The normalized spacial score (nSPS) is 10.7. The lowest BCUT2D eigenvalue weighted by atomic mass is 10.1. The van der Waals surface area contributed by atoms with Gasteiger partial charge in [-0.1, -0.05) is 18.2 Å². The zero-order valence-corrected chi connectivity index (χ0v) is 12.7. The molecular weight excluding hydrogens is 266 g/mol. The third-order valence-electron chi connectivity index (χ3n) is 3.24. The lowest BCUT2D eigenvalue weighted by Crippen LogP contribution is -2.17. The molecule has 0 fully saturated rings. The number of para-hydroxylation sites is 1. The molecule has 0 bridgehead atoms. The van der Waals surface area contributed by atoms with Gasteiger partial charge in [0.15, 0.2) is 0 Å². The van der Waals surface area contributed by atoms with Gasteiger partial charge in [-0.15, -0.1) is 0 Å². The number of nitrogens with zero attached hydrogens (tertiary/aromatic N) is 2. The molecule has 1 heterocycles. The summed E-state index contributed by atoms with van der Waals surface area (Å²) in [5, 5.41) is 7.10. The fraction of sp³-hybridized carbons (Fsp3) is 0.375. The number of anilines is 1. The van der Waals surface area contributed by atoms with Crippen LogP contribution in [0, 0.1) is 0 Å². The van der Waals surface area contributed by atoms with Crippen molar-refractivity contribution in [3.8, 4) is 5.75 Å². The van der Waals surface area contributed by atoms with E-state index in [-0.39, 0.29) is 11.9 Å². The summed E-state index contributed by atoms with van der Waals surface area (Å²) in [6, 6.07) is 9.77. The van der Waals surface area contributed by atoms with Gasteiger partial charge in [-0.05, 0) is 31.9 Å². The number of hydrogen-bond acceptors (Lipinski definition) is 3. The Kier molecular flexibility index (Phi) is 4.98. The van der Waals surface area contributed by atoms with Crippen molar-refractivity contribution in [3.05, 3.63) is 42.1 Å². The minimum Gasteiger partial charge on any atom is -0.496 e. The van der Waals surface area contributed by atoms with Crippen LogP contribution in [0.3, 0.4) is 0 Å². The van der Waals surface area contributed by atoms with Crippen LogP contribution in [0.5, 0.6) is 5.75 Å². The average molecular weight is 287 g/mol. The van der Waals surface area contributed by atoms with Crippen molar-refractivity contribution in [1.82, 2.24) is 9.78 Å². The van der Waals surface area contributed by atoms with E-state index in [0.29, 0.717) is 12.8 Å². The Balaban J connectivity index is 1.95. The molecule has 0 aliphatic rings. The van der Waals surface area contributed by atoms with Crippen LogP contribution in [-0.4, -0.2) is 22.8 Å². The first-order valence-corrected chi connectivity index (χ1v) is 7.07. The highest BCUT2D eigenvalue weighted by Crippen LogP contribution is 2.19. The molecule has 1 aromatic carbocycles. The van der Waals surface area contributed by atoms with Gasteiger partial charge in [0.1, 0.15) is 11.6 Å². The average Bonchev–Trinajstić information content (AvgIpc) is 2.93. The van der Waals surface area contributed by atoms with Crippen LogP contribution in [0.4, 0.5) is 5.82 Å². The maximum atomic E-state index is 12.1. The molecule has 1 N–H and O–H groups in total. The molecule has 0 radical (unpaired) electrons. The highest BCUT2D eigenvalue weighted by Gasteiger charge is 2.10. The molecule has 2 aromatic rings. The van der Waals surface area contributed by atoms with Crippen molar-refractivity contribution in [3.63, 3.8) is 0 Å². The highest BCUT2D eigenvalue weighted by molar-refractivity contribution is 5.90. The van der Waals surface area contributed by atoms with Gasteiger partial charge in [0, 0.05) is 18.5 Å². The van der Waals surface area contributed by atoms with E-state index in [9.17, 15) is 4.79 Å². The molecule has 0 atom stereocenters. The van der Waals surface area contributed by atoms with Crippen molar-refractivity contribution in [1.29, 1.82) is 0 Å². The SMILES string of the molecule is COc1ccccc1CCC(=O)Nc1ccnn1C(C)C. The number of carbonyl (C=O) groups excluding carboxylic acids is 1. The molecule has 21 heavy (non-hydrogen) atoms. The Morgan fingerprint density at radius 2 is 2.10 bits per heavy atom. The first-order valence-electron chi connectivity index (χ1n) is 7.07. The second-order valence-electron chi connectivity index (χ2n) is 5.11. The van der Waals surface area contributed by atoms with Crippen LogP contribution < -0.4 is 10.1 Å². The Morgan fingerprint density at radius 3 is 2.81 bits per heavy atom. The van der Waals surface area contributed by atoms with Crippen molar-refractivity contribution in [2.24, 2.45) is 0 Å². The third-order valence-corrected chi connectivity index (χ3v) is 3.24. The third kappa shape index (κ3) is 3.84. The zero-order chi connectivity index (χ0) is 15.2. The van der Waals surface area contributed by atoms with Crippen molar-refractivity contribution in [2.75, 3.05) is 12.4 Å². The molecule has 5 heteroatoms. The van der Waals surface area contributed by atoms with Gasteiger partial charge in [0.25, 0.3) is 0 Å². The second kappa shape index (κ2) is 6.92. The summed E-state index contributed by atoms with van der Waals surface area (Å²) in [5.41, 5.74) is 1.03. The summed E-state index contributed by atoms with van der Waals surface area (Å²) in [7, 11) is 1.64. The number of ether oxygens (including phenoxy) is 1. The predicted molar refractivity (Wildman–Crippen MR) is 82.6 cm³/mol. The Morgan fingerprint density at radius 1 is 1.33 bits per heavy atom. The predicted octanol–water partition coefficient (Wildman–Crippen LogP) is 3.04. The van der Waals surface area contributed by atoms with Crippen molar-refractivity contribution < 1.29 is 9.53 Å². The Labute approximate surface area is 124 Å². The van der Waals surface area contributed by atoms with E-state index in [2.05, 4.69) is 10.4 Å². The van der Waals surface area contributed by atoms with Crippen molar-refractivity contribution in [2.45, 2.75) is 32.7 Å². The van der Waals surface area contributed by atoms with Crippen molar-refractivity contribution >= 4 is 11.7 Å². The van der Waals surface area contributed by atoms with E-state index in [1.54, 1.807) is 24.1 Å². The van der Waals surface area contributed by atoms with E-state index in [1.807, 2.05) is 38.1 Å². The largest absolute Gasteiger partial charge is 0.496 e. The highest BCUT2D eigenvalue weighted by atomic mass is 16.5. The molecule has 0 spiro atoms. The summed E-state index contributed by atoms with van der Waals surface area (Å²) < 4.78 is 7.08. The minimum absolute atomic E-state index is 0.0247. The lowest BCUT2D eigenvalue weighted by molar-refractivity contribution is -0.116. The number of nitrogens with one attached hydrogen (secondary N) is 1. The molecule has 2 rings (SSSR count). The first-order chi connectivity index (χ1) is 10.1. The molecule has 1 amide bonds. The van der Waals surface area contributed by atoms with E-state index >= 15 is 0 Å².